The molecule has 1 aliphatic carbocycles. The van der Waals surface area contributed by atoms with Crippen LogP contribution in [0.5, 0.6) is 5.75 Å². The van der Waals surface area contributed by atoms with Crippen LogP contribution >= 0.6 is 0 Å². The Labute approximate surface area is 342 Å². The average molecular weight is 789 g/mol. The Morgan fingerprint density at radius 2 is 1.74 bits per heavy atom. The third-order valence-corrected chi connectivity index (χ3v) is 14.2. The van der Waals surface area contributed by atoms with E-state index in [0.29, 0.717) is 17.2 Å². The number of nitrogens with one attached hydrogen (secondary N) is 2. The number of benzene rings is 1. The molecule has 3 atom stereocenters. The fourth-order valence-corrected chi connectivity index (χ4v) is 10.8. The van der Waals surface area contributed by atoms with E-state index in [1.54, 1.807) is 6.07 Å². The molecule has 4 fully saturated rings. The van der Waals surface area contributed by atoms with Crippen molar-refractivity contribution in [3.63, 3.8) is 0 Å². The molecule has 308 valence electrons. The van der Waals surface area contributed by atoms with Crippen molar-refractivity contribution in [1.29, 1.82) is 0 Å². The zero-order chi connectivity index (χ0) is 40.3. The second-order valence-corrected chi connectivity index (χ2v) is 19.3. The van der Waals surface area contributed by atoms with Crippen molar-refractivity contribution < 1.29 is 14.7 Å². The molecule has 9 rings (SSSR count). The second-order valence-electron chi connectivity index (χ2n) is 19.3. The van der Waals surface area contributed by atoms with Crippen LogP contribution in [-0.4, -0.2) is 115 Å². The molecule has 13 nitrogen and oxygen atoms in total. The molecule has 7 heterocycles. The number of carbonyl (C=O) groups excluding carboxylic acids is 2. The van der Waals surface area contributed by atoms with Gasteiger partial charge in [-0.25, -0.2) is 14.8 Å². The number of fused-ring (bicyclic) bond motifs is 3. The highest BCUT2D eigenvalue weighted by molar-refractivity contribution is 5.89. The van der Waals surface area contributed by atoms with Crippen LogP contribution in [0.25, 0.3) is 22.3 Å². The number of aromatic amines is 1. The van der Waals surface area contributed by atoms with Crippen molar-refractivity contribution >= 4 is 28.9 Å². The topological polar surface area (TPSA) is 147 Å². The van der Waals surface area contributed by atoms with Crippen LogP contribution in [-0.2, 0) is 11.2 Å². The Morgan fingerprint density at radius 3 is 2.43 bits per heavy atom. The van der Waals surface area contributed by atoms with Crippen molar-refractivity contribution in [3.8, 4) is 17.0 Å². The quantitative estimate of drug-likeness (QED) is 0.178. The molecule has 0 radical (unpaired) electrons. The Morgan fingerprint density at radius 1 is 1.00 bits per heavy atom. The first kappa shape index (κ1) is 38.7. The molecule has 3 unspecified atom stereocenters. The molecule has 3 N–H and O–H groups in total. The van der Waals surface area contributed by atoms with Gasteiger partial charge in [0.05, 0.1) is 11.7 Å². The highest BCUT2D eigenvalue weighted by atomic mass is 16.3. The number of hydrogen-bond donors (Lipinski definition) is 3. The van der Waals surface area contributed by atoms with Gasteiger partial charge < -0.3 is 35.0 Å². The molecule has 0 bridgehead atoms. The normalized spacial score (nSPS) is 23.2. The van der Waals surface area contributed by atoms with Crippen LogP contribution in [0.2, 0.25) is 0 Å². The van der Waals surface area contributed by atoms with Gasteiger partial charge in [-0.05, 0) is 119 Å². The monoisotopic (exact) mass is 788 g/mol. The van der Waals surface area contributed by atoms with E-state index < -0.39 is 6.04 Å². The van der Waals surface area contributed by atoms with Crippen molar-refractivity contribution in [3.05, 3.63) is 59.5 Å². The van der Waals surface area contributed by atoms with Gasteiger partial charge >= 0.3 is 6.03 Å². The number of rotatable bonds is 8. The molecule has 13 heteroatoms. The predicted molar refractivity (Wildman–Crippen MR) is 224 cm³/mol. The number of para-hydroxylation sites is 1. The largest absolute Gasteiger partial charge is 0.507 e. The van der Waals surface area contributed by atoms with Crippen LogP contribution in [0.3, 0.4) is 0 Å². The van der Waals surface area contributed by atoms with E-state index >= 15 is 0 Å². The van der Waals surface area contributed by atoms with Gasteiger partial charge in [-0.3, -0.25) is 4.79 Å². The Balaban J connectivity index is 0.726. The van der Waals surface area contributed by atoms with Gasteiger partial charge in [0, 0.05) is 78.7 Å². The lowest BCUT2D eigenvalue weighted by Gasteiger charge is -2.59. The van der Waals surface area contributed by atoms with E-state index in [0.717, 1.165) is 101 Å². The standard InChI is InChI=1S/C45H60N10O3/c1-28-9-8-16-54(28)41(57)39(44(3,4)5)49-43(58)53-26-45(27-53)22-30(23-45)12-17-52-18-13-31(14-19-52)32-24-46-42(47-25-32)55-20-15-35-38(29(55)2)34-21-36(50-51-40(34)48-35)33-10-6-7-11-37(33)56/h6-7,10-11,21,24-25,28-31,39,56H,8-9,12-20,22-23,26-27H2,1-5H3,(H,48,51)(H,49,58). The van der Waals surface area contributed by atoms with Gasteiger partial charge in [0.2, 0.25) is 11.9 Å². The summed E-state index contributed by atoms with van der Waals surface area (Å²) < 4.78 is 0. The van der Waals surface area contributed by atoms with Crippen LogP contribution in [0.1, 0.15) is 108 Å². The maximum Gasteiger partial charge on any atom is 0.318 e. The van der Waals surface area contributed by atoms with Crippen molar-refractivity contribution in [1.82, 2.24) is 45.2 Å². The van der Waals surface area contributed by atoms with E-state index in [1.807, 2.05) is 67.2 Å². The Kier molecular flexibility index (Phi) is 10.1. The first-order chi connectivity index (χ1) is 27.9. The van der Waals surface area contributed by atoms with E-state index in [2.05, 4.69) is 44.1 Å². The number of aromatic nitrogens is 5. The van der Waals surface area contributed by atoms with Crippen LogP contribution in [0, 0.1) is 16.7 Å². The maximum absolute atomic E-state index is 13.4. The van der Waals surface area contributed by atoms with E-state index in [4.69, 9.17) is 9.97 Å². The summed E-state index contributed by atoms with van der Waals surface area (Å²) >= 11 is 0. The van der Waals surface area contributed by atoms with Gasteiger partial charge in [0.15, 0.2) is 5.65 Å². The smallest absolute Gasteiger partial charge is 0.318 e. The lowest BCUT2D eigenvalue weighted by molar-refractivity contribution is -0.136. The van der Waals surface area contributed by atoms with Gasteiger partial charge in [-0.15, -0.1) is 10.2 Å². The molecule has 58 heavy (non-hydrogen) atoms. The van der Waals surface area contributed by atoms with E-state index in [9.17, 15) is 14.7 Å². The third kappa shape index (κ3) is 7.28. The molecule has 1 saturated carbocycles. The molecule has 4 aromatic rings. The highest BCUT2D eigenvalue weighted by Crippen LogP contribution is 2.53. The van der Waals surface area contributed by atoms with Crippen LogP contribution < -0.4 is 10.2 Å². The number of nitrogens with zero attached hydrogens (tertiary/aromatic N) is 8. The summed E-state index contributed by atoms with van der Waals surface area (Å²) in [5.41, 5.74) is 5.60. The zero-order valence-corrected chi connectivity index (χ0v) is 34.9. The molecule has 4 aliphatic heterocycles. The number of phenols is 1. The summed E-state index contributed by atoms with van der Waals surface area (Å²) in [5, 5.41) is 23.5. The van der Waals surface area contributed by atoms with Crippen LogP contribution in [0.15, 0.2) is 42.7 Å². The number of aromatic hydroxyl groups is 1. The summed E-state index contributed by atoms with van der Waals surface area (Å²) in [4.78, 5) is 48.9. The highest BCUT2D eigenvalue weighted by Gasteiger charge is 2.54. The van der Waals surface area contributed by atoms with Crippen molar-refractivity contribution in [2.45, 2.75) is 110 Å². The summed E-state index contributed by atoms with van der Waals surface area (Å²) in [6.07, 6.45) is 12.9. The van der Waals surface area contributed by atoms with E-state index in [1.165, 1.54) is 36.1 Å². The lowest BCUT2D eigenvalue weighted by atomic mass is 9.57. The fraction of sp³-hybridized carbons (Fsp3) is 0.600. The predicted octanol–water partition coefficient (Wildman–Crippen LogP) is 6.66. The first-order valence-electron chi connectivity index (χ1n) is 21.7. The van der Waals surface area contributed by atoms with Gasteiger partial charge in [-0.2, -0.15) is 0 Å². The molecular weight excluding hydrogens is 729 g/mol. The summed E-state index contributed by atoms with van der Waals surface area (Å²) in [5.74, 6) is 2.21. The van der Waals surface area contributed by atoms with Crippen molar-refractivity contribution in [2.24, 2.45) is 16.7 Å². The minimum Gasteiger partial charge on any atom is -0.507 e. The Hall–Kier alpha value is -4.78. The number of anilines is 1. The SMILES string of the molecule is CC1CCCN1C(=O)C(NC(=O)N1CC2(CC(CCN3CCC(c4cnc(N5CCc6[nH]c7nnc(-c8ccccc8O)cc7c6C5C)nc4)CC3)C2)C1)C(C)(C)C. The average Bonchev–Trinajstić information content (AvgIpc) is 3.79. The van der Waals surface area contributed by atoms with E-state index in [-0.39, 0.29) is 40.6 Å². The molecule has 3 amide bonds. The maximum atomic E-state index is 13.4. The van der Waals surface area contributed by atoms with Gasteiger partial charge in [0.25, 0.3) is 0 Å². The minimum absolute atomic E-state index is 0.0491. The molecule has 1 aromatic carbocycles. The first-order valence-corrected chi connectivity index (χ1v) is 21.7. The zero-order valence-electron chi connectivity index (χ0n) is 34.9. The number of phenolic OH excluding ortho intramolecular Hbond substituents is 1. The lowest BCUT2D eigenvalue weighted by Crippen LogP contribution is -2.67. The number of amides is 3. The fourth-order valence-electron chi connectivity index (χ4n) is 10.8. The number of likely N-dealkylation sites (tertiary alicyclic amines) is 3. The number of urea groups is 1. The number of piperidine rings is 1. The molecular formula is C45H60N10O3. The number of hydrogen-bond acceptors (Lipinski definition) is 9. The molecule has 5 aliphatic rings. The third-order valence-electron chi connectivity index (χ3n) is 14.2. The van der Waals surface area contributed by atoms with Crippen LogP contribution in [0.4, 0.5) is 10.7 Å². The molecule has 1 spiro atoms. The summed E-state index contributed by atoms with van der Waals surface area (Å²) in [6, 6.07) is 8.96. The Bertz CT molecular complexity index is 2140. The summed E-state index contributed by atoms with van der Waals surface area (Å²) in [6.45, 7) is 17.0. The molecule has 3 aromatic heterocycles. The second kappa shape index (κ2) is 15.1. The number of H-pyrrole nitrogens is 1. The minimum atomic E-state index is -0.508. The van der Waals surface area contributed by atoms with Gasteiger partial charge in [-0.1, -0.05) is 32.9 Å². The summed E-state index contributed by atoms with van der Waals surface area (Å²) in [7, 11) is 0. The van der Waals surface area contributed by atoms with Gasteiger partial charge in [0.1, 0.15) is 11.8 Å². The van der Waals surface area contributed by atoms with Crippen molar-refractivity contribution in [2.75, 3.05) is 50.7 Å². The molecule has 3 saturated heterocycles. The number of carbonyl (C=O) groups is 2.